The first-order valence-corrected chi connectivity index (χ1v) is 12.3. The molecule has 1 aliphatic heterocycles. The number of furan rings is 1. The molecular weight excluding hydrogens is 607 g/mol. The summed E-state index contributed by atoms with van der Waals surface area (Å²) in [4.78, 5) is 50.4. The van der Waals surface area contributed by atoms with E-state index in [0.29, 0.717) is 22.8 Å². The summed E-state index contributed by atoms with van der Waals surface area (Å²) < 4.78 is 11.5. The molecule has 0 unspecified atom stereocenters. The zero-order chi connectivity index (χ0) is 25.1. The number of carbonyl (C=O) groups excluding carboxylic acids is 4. The van der Waals surface area contributed by atoms with E-state index < -0.39 is 29.6 Å². The summed E-state index contributed by atoms with van der Waals surface area (Å²) in [7, 11) is 1.26. The number of methoxy groups -OCH3 is 1. The minimum Gasteiger partial charge on any atom is -0.465 e. The van der Waals surface area contributed by atoms with Gasteiger partial charge in [-0.1, -0.05) is 11.6 Å². The highest BCUT2D eigenvalue weighted by Crippen LogP contribution is 2.34. The maximum absolute atomic E-state index is 12.7. The number of nitrogens with one attached hydrogen (secondary N) is 1. The van der Waals surface area contributed by atoms with Crippen molar-refractivity contribution < 1.29 is 28.3 Å². The number of thioether (sulfide) groups is 1. The number of esters is 1. The van der Waals surface area contributed by atoms with Gasteiger partial charge in [-0.25, -0.2) is 4.79 Å². The Morgan fingerprint density at radius 3 is 2.60 bits per heavy atom. The third-order valence-electron chi connectivity index (χ3n) is 4.86. The van der Waals surface area contributed by atoms with E-state index in [1.807, 2.05) is 12.1 Å². The van der Waals surface area contributed by atoms with Crippen LogP contribution in [0, 0.1) is 3.57 Å². The van der Waals surface area contributed by atoms with Gasteiger partial charge in [-0.3, -0.25) is 19.3 Å². The van der Waals surface area contributed by atoms with Crippen LogP contribution in [0.5, 0.6) is 0 Å². The maximum atomic E-state index is 12.7. The van der Waals surface area contributed by atoms with Crippen molar-refractivity contribution in [2.24, 2.45) is 0 Å². The molecule has 2 aromatic carbocycles. The monoisotopic (exact) mass is 622 g/mol. The van der Waals surface area contributed by atoms with Crippen molar-refractivity contribution in [2.75, 3.05) is 19.0 Å². The van der Waals surface area contributed by atoms with Crippen LogP contribution in [0.15, 0.2) is 63.9 Å². The van der Waals surface area contributed by atoms with E-state index in [4.69, 9.17) is 20.8 Å². The molecule has 1 saturated heterocycles. The van der Waals surface area contributed by atoms with Gasteiger partial charge in [0.15, 0.2) is 0 Å². The number of anilines is 1. The van der Waals surface area contributed by atoms with Gasteiger partial charge in [0.25, 0.3) is 11.1 Å². The van der Waals surface area contributed by atoms with Crippen LogP contribution in [0.4, 0.5) is 10.5 Å². The lowest BCUT2D eigenvalue weighted by atomic mass is 10.1. The number of carbonyl (C=O) groups is 4. The fourth-order valence-electron chi connectivity index (χ4n) is 3.17. The minimum absolute atomic E-state index is 0.129. The van der Waals surface area contributed by atoms with Crippen LogP contribution in [-0.4, -0.2) is 41.6 Å². The Balaban J connectivity index is 1.47. The Morgan fingerprint density at radius 2 is 1.89 bits per heavy atom. The SMILES string of the molecule is COC(=O)c1cc(-c2ccc(/C=C3/SC(=O)N(CC(=O)Nc4ccc(I)cc4)C3=O)o2)ccc1Cl. The van der Waals surface area contributed by atoms with E-state index in [-0.39, 0.29) is 15.5 Å². The lowest BCUT2D eigenvalue weighted by molar-refractivity contribution is -0.127. The molecule has 35 heavy (non-hydrogen) atoms. The third kappa shape index (κ3) is 5.77. The quantitative estimate of drug-likeness (QED) is 0.215. The molecule has 11 heteroatoms. The molecule has 4 rings (SSSR count). The molecule has 1 aliphatic rings. The summed E-state index contributed by atoms with van der Waals surface area (Å²) in [6.45, 7) is -0.404. The molecule has 0 aliphatic carbocycles. The van der Waals surface area contributed by atoms with Crippen LogP contribution in [-0.2, 0) is 14.3 Å². The van der Waals surface area contributed by atoms with Crippen LogP contribution in [0.1, 0.15) is 16.1 Å². The van der Waals surface area contributed by atoms with E-state index in [2.05, 4.69) is 27.9 Å². The first-order chi connectivity index (χ1) is 16.7. The molecule has 0 atom stereocenters. The molecule has 0 saturated carbocycles. The average molecular weight is 623 g/mol. The first kappa shape index (κ1) is 25.0. The van der Waals surface area contributed by atoms with Gasteiger partial charge in [0, 0.05) is 20.9 Å². The lowest BCUT2D eigenvalue weighted by Crippen LogP contribution is -2.36. The number of nitrogens with zero attached hydrogens (tertiary/aromatic N) is 1. The van der Waals surface area contributed by atoms with Gasteiger partial charge >= 0.3 is 5.97 Å². The number of benzene rings is 2. The fourth-order valence-corrected chi connectivity index (χ4v) is 4.55. The van der Waals surface area contributed by atoms with Gasteiger partial charge in [0.2, 0.25) is 5.91 Å². The van der Waals surface area contributed by atoms with Crippen LogP contribution < -0.4 is 5.32 Å². The van der Waals surface area contributed by atoms with E-state index >= 15 is 0 Å². The summed E-state index contributed by atoms with van der Waals surface area (Å²) in [5.41, 5.74) is 1.34. The lowest BCUT2D eigenvalue weighted by Gasteiger charge is -2.12. The van der Waals surface area contributed by atoms with Crippen molar-refractivity contribution in [3.63, 3.8) is 0 Å². The van der Waals surface area contributed by atoms with Gasteiger partial charge in [-0.2, -0.15) is 0 Å². The second-order valence-corrected chi connectivity index (χ2v) is 9.86. The minimum atomic E-state index is -0.588. The Kier molecular flexibility index (Phi) is 7.63. The molecule has 1 fully saturated rings. The Morgan fingerprint density at radius 1 is 1.14 bits per heavy atom. The topological polar surface area (TPSA) is 106 Å². The van der Waals surface area contributed by atoms with Crippen molar-refractivity contribution in [1.29, 1.82) is 0 Å². The molecule has 1 N–H and O–H groups in total. The van der Waals surface area contributed by atoms with Crippen LogP contribution in [0.25, 0.3) is 17.4 Å². The highest BCUT2D eigenvalue weighted by Gasteiger charge is 2.36. The summed E-state index contributed by atoms with van der Waals surface area (Å²) in [5.74, 6) is -0.907. The zero-order valence-corrected chi connectivity index (χ0v) is 21.8. The number of ether oxygens (including phenoxy) is 1. The molecule has 1 aromatic heterocycles. The van der Waals surface area contributed by atoms with Gasteiger partial charge in [0.05, 0.1) is 22.6 Å². The van der Waals surface area contributed by atoms with Gasteiger partial charge < -0.3 is 14.5 Å². The normalized spacial score (nSPS) is 14.5. The molecule has 8 nitrogen and oxygen atoms in total. The zero-order valence-electron chi connectivity index (χ0n) is 18.0. The molecule has 0 radical (unpaired) electrons. The number of amides is 3. The first-order valence-electron chi connectivity index (χ1n) is 10.0. The van der Waals surface area contributed by atoms with E-state index in [9.17, 15) is 19.2 Å². The van der Waals surface area contributed by atoms with Gasteiger partial charge in [0.1, 0.15) is 18.1 Å². The fraction of sp³-hybridized carbons (Fsp3) is 0.0833. The molecular formula is C24H16ClIN2O6S. The Bertz CT molecular complexity index is 1370. The van der Waals surface area contributed by atoms with Gasteiger partial charge in [-0.05, 0) is 89.0 Å². The predicted octanol–water partition coefficient (Wildman–Crippen LogP) is 5.67. The van der Waals surface area contributed by atoms with Crippen LogP contribution >= 0.6 is 46.0 Å². The highest BCUT2D eigenvalue weighted by atomic mass is 127. The predicted molar refractivity (Wildman–Crippen MR) is 141 cm³/mol. The molecule has 0 spiro atoms. The van der Waals surface area contributed by atoms with Crippen molar-refractivity contribution in [2.45, 2.75) is 0 Å². The van der Waals surface area contributed by atoms with E-state index in [1.165, 1.54) is 19.3 Å². The summed E-state index contributed by atoms with van der Waals surface area (Å²) in [5, 5.41) is 2.36. The maximum Gasteiger partial charge on any atom is 0.339 e. The summed E-state index contributed by atoms with van der Waals surface area (Å²) in [6.07, 6.45) is 1.43. The van der Waals surface area contributed by atoms with E-state index in [1.54, 1.807) is 36.4 Å². The molecule has 3 amide bonds. The molecule has 178 valence electrons. The molecule has 0 bridgehead atoms. The number of halogens is 2. The third-order valence-corrected chi connectivity index (χ3v) is 6.82. The van der Waals surface area contributed by atoms with E-state index in [0.717, 1.165) is 20.2 Å². The number of imide groups is 1. The van der Waals surface area contributed by atoms with Gasteiger partial charge in [-0.15, -0.1) is 0 Å². The molecule has 2 heterocycles. The number of hydrogen-bond donors (Lipinski definition) is 1. The summed E-state index contributed by atoms with van der Waals surface area (Å²) >= 11 is 8.93. The smallest absolute Gasteiger partial charge is 0.339 e. The number of rotatable bonds is 6. The highest BCUT2D eigenvalue weighted by molar-refractivity contribution is 14.1. The number of hydrogen-bond acceptors (Lipinski definition) is 7. The van der Waals surface area contributed by atoms with Crippen molar-refractivity contribution in [3.05, 3.63) is 79.4 Å². The second-order valence-electron chi connectivity index (χ2n) is 7.21. The average Bonchev–Trinajstić information content (AvgIpc) is 3.40. The van der Waals surface area contributed by atoms with Crippen molar-refractivity contribution in [3.8, 4) is 11.3 Å². The molecule has 3 aromatic rings. The largest absolute Gasteiger partial charge is 0.465 e. The van der Waals surface area contributed by atoms with Crippen molar-refractivity contribution in [1.82, 2.24) is 4.90 Å². The van der Waals surface area contributed by atoms with Crippen molar-refractivity contribution >= 4 is 80.7 Å². The Hall–Kier alpha value is -3.09. The van der Waals surface area contributed by atoms with Crippen LogP contribution in [0.2, 0.25) is 5.02 Å². The summed E-state index contributed by atoms with van der Waals surface area (Å²) in [6, 6.07) is 15.2. The van der Waals surface area contributed by atoms with Crippen LogP contribution in [0.3, 0.4) is 0 Å². The Labute approximate surface area is 222 Å². The second kappa shape index (κ2) is 10.7. The standard InChI is InChI=1S/C24H16ClIN2O6S/c1-33-23(31)17-10-13(2-8-18(17)25)19-9-7-16(34-19)11-20-22(30)28(24(32)35-20)12-21(29)27-15-5-3-14(26)4-6-15/h2-11H,12H2,1H3,(H,27,29)/b20-11+.